The molecule has 13 heavy (non-hydrogen) atoms. The molecule has 63 valence electrons. The van der Waals surface area contributed by atoms with Gasteiger partial charge in [-0.15, -0.1) is 0 Å². The summed E-state index contributed by atoms with van der Waals surface area (Å²) >= 11 is 1.23. The summed E-state index contributed by atoms with van der Waals surface area (Å²) in [6, 6.07) is 15.3. The Labute approximate surface area is 94.7 Å². The maximum absolute atomic E-state index is 2.31. The third-order valence-electron chi connectivity index (χ3n) is 2.27. The van der Waals surface area contributed by atoms with E-state index in [0.717, 1.165) is 3.48 Å². The Balaban J connectivity index is 2.62. The molecule has 1 heteroatoms. The molecular formula is C12H11Pb. The van der Waals surface area contributed by atoms with Crippen molar-refractivity contribution in [2.75, 3.05) is 0 Å². The van der Waals surface area contributed by atoms with E-state index in [1.165, 1.54) is 42.1 Å². The molecule has 2 aromatic rings. The molecule has 0 N–H and O–H groups in total. The Bertz CT molecular complexity index is 418. The standard InChI is InChI=1S/C12H11.Pb/c1-2-10-7-8-11-5-3-4-6-12(11)9-10;/h2-9H,1H3;. The Kier molecular flexibility index (Phi) is 2.67. The molecule has 0 unspecified atom stereocenters. The Morgan fingerprint density at radius 1 is 1.00 bits per heavy atom. The molecule has 0 bridgehead atoms. The summed E-state index contributed by atoms with van der Waals surface area (Å²) in [4.78, 5) is 0. The van der Waals surface area contributed by atoms with Crippen molar-refractivity contribution in [1.29, 1.82) is 0 Å². The van der Waals surface area contributed by atoms with Crippen LogP contribution in [-0.2, 0) is 0 Å². The molecule has 0 aliphatic carbocycles. The van der Waals surface area contributed by atoms with E-state index >= 15 is 0 Å². The topological polar surface area (TPSA) is 0 Å². The second-order valence-corrected chi connectivity index (χ2v) is 6.69. The zero-order chi connectivity index (χ0) is 9.26. The molecule has 1 atom stereocenters. The fourth-order valence-electron chi connectivity index (χ4n) is 1.48. The summed E-state index contributed by atoms with van der Waals surface area (Å²) in [5, 5.41) is 2.70. The van der Waals surface area contributed by atoms with Crippen molar-refractivity contribution in [2.45, 2.75) is 10.4 Å². The first-order valence-electron chi connectivity index (χ1n) is 4.47. The zero-order valence-electron chi connectivity index (χ0n) is 7.62. The molecule has 0 spiro atoms. The van der Waals surface area contributed by atoms with Crippen LogP contribution in [0.15, 0.2) is 42.5 Å². The van der Waals surface area contributed by atoms with Gasteiger partial charge in [0.05, 0.1) is 0 Å². The predicted octanol–water partition coefficient (Wildman–Crippen LogP) is 3.07. The van der Waals surface area contributed by atoms with Crippen molar-refractivity contribution in [3.05, 3.63) is 48.0 Å². The van der Waals surface area contributed by atoms with Gasteiger partial charge in [-0.05, 0) is 0 Å². The Morgan fingerprint density at radius 2 is 1.69 bits per heavy atom. The van der Waals surface area contributed by atoms with Gasteiger partial charge in [-0.2, -0.15) is 0 Å². The van der Waals surface area contributed by atoms with E-state index in [0.29, 0.717) is 0 Å². The summed E-state index contributed by atoms with van der Waals surface area (Å²) in [7, 11) is 0. The van der Waals surface area contributed by atoms with Crippen LogP contribution in [-0.4, -0.2) is 25.8 Å². The van der Waals surface area contributed by atoms with Crippen LogP contribution in [0.3, 0.4) is 0 Å². The van der Waals surface area contributed by atoms with Gasteiger partial charge in [0.1, 0.15) is 0 Å². The normalized spacial score (nSPS) is 13.1. The molecule has 0 fully saturated rings. The Hall–Kier alpha value is -0.378. The molecule has 0 saturated carbocycles. The maximum atomic E-state index is 2.31. The van der Waals surface area contributed by atoms with Crippen LogP contribution in [0, 0.1) is 0 Å². The van der Waals surface area contributed by atoms with Gasteiger partial charge in [0.2, 0.25) is 0 Å². The van der Waals surface area contributed by atoms with Gasteiger partial charge in [0, 0.05) is 0 Å². The monoisotopic (exact) mass is 363 g/mol. The van der Waals surface area contributed by atoms with Gasteiger partial charge in [-0.25, -0.2) is 0 Å². The summed E-state index contributed by atoms with van der Waals surface area (Å²) < 4.78 is 0.754. The molecule has 2 aromatic carbocycles. The van der Waals surface area contributed by atoms with E-state index in [1.54, 1.807) is 0 Å². The summed E-state index contributed by atoms with van der Waals surface area (Å²) in [6.07, 6.45) is 0. The fourth-order valence-corrected chi connectivity index (χ4v) is 2.18. The molecule has 0 heterocycles. The number of hydrogen-bond donors (Lipinski definition) is 0. The predicted molar refractivity (Wildman–Crippen MR) is 58.1 cm³/mol. The van der Waals surface area contributed by atoms with E-state index in [9.17, 15) is 0 Å². The van der Waals surface area contributed by atoms with Gasteiger partial charge in [0.25, 0.3) is 0 Å². The quantitative estimate of drug-likeness (QED) is 0.684. The molecule has 2 rings (SSSR count). The van der Waals surface area contributed by atoms with Crippen molar-refractivity contribution in [3.8, 4) is 0 Å². The van der Waals surface area contributed by atoms with Crippen molar-refractivity contribution >= 4 is 36.5 Å². The number of fused-ring (bicyclic) bond motifs is 1. The molecule has 0 saturated heterocycles. The third-order valence-corrected chi connectivity index (χ3v) is 3.57. The van der Waals surface area contributed by atoms with Gasteiger partial charge >= 0.3 is 95.0 Å². The first-order chi connectivity index (χ1) is 6.27. The SMILES string of the molecule is C[C@H]([Pb])c1ccc2ccccc2c1. The number of hydrogen-bond acceptors (Lipinski definition) is 0. The van der Waals surface area contributed by atoms with Crippen molar-refractivity contribution in [1.82, 2.24) is 0 Å². The molecule has 0 aliphatic heterocycles. The molecular weight excluding hydrogens is 351 g/mol. The first kappa shape index (κ1) is 9.19. The van der Waals surface area contributed by atoms with E-state index in [-0.39, 0.29) is 0 Å². The molecule has 0 aliphatic rings. The van der Waals surface area contributed by atoms with Crippen molar-refractivity contribution in [3.63, 3.8) is 0 Å². The summed E-state index contributed by atoms with van der Waals surface area (Å²) in [5.41, 5.74) is 1.48. The second-order valence-electron chi connectivity index (χ2n) is 3.33. The second kappa shape index (κ2) is 3.78. The van der Waals surface area contributed by atoms with Crippen LogP contribution >= 0.6 is 0 Å². The summed E-state index contributed by atoms with van der Waals surface area (Å²) in [6.45, 7) is 2.29. The van der Waals surface area contributed by atoms with Crippen LogP contribution in [0.5, 0.6) is 0 Å². The number of rotatable bonds is 1. The van der Waals surface area contributed by atoms with E-state index in [1.807, 2.05) is 0 Å². The van der Waals surface area contributed by atoms with Gasteiger partial charge in [-0.3, -0.25) is 0 Å². The first-order valence-corrected chi connectivity index (χ1v) is 6.71. The minimum absolute atomic E-state index is 0.754. The molecule has 0 aromatic heterocycles. The van der Waals surface area contributed by atoms with E-state index < -0.39 is 0 Å². The van der Waals surface area contributed by atoms with Gasteiger partial charge in [-0.1, -0.05) is 0 Å². The van der Waals surface area contributed by atoms with Crippen LogP contribution < -0.4 is 0 Å². The Morgan fingerprint density at radius 3 is 2.38 bits per heavy atom. The van der Waals surface area contributed by atoms with Crippen molar-refractivity contribution < 1.29 is 0 Å². The third kappa shape index (κ3) is 1.93. The average molecular weight is 362 g/mol. The van der Waals surface area contributed by atoms with Crippen LogP contribution in [0.4, 0.5) is 0 Å². The van der Waals surface area contributed by atoms with Crippen LogP contribution in [0.2, 0.25) is 0 Å². The van der Waals surface area contributed by atoms with Crippen LogP contribution in [0.25, 0.3) is 10.8 Å². The van der Waals surface area contributed by atoms with E-state index in [4.69, 9.17) is 0 Å². The van der Waals surface area contributed by atoms with Gasteiger partial charge < -0.3 is 0 Å². The summed E-state index contributed by atoms with van der Waals surface area (Å²) in [5.74, 6) is 0. The molecule has 0 nitrogen and oxygen atoms in total. The van der Waals surface area contributed by atoms with E-state index in [2.05, 4.69) is 49.4 Å². The molecule has 0 amide bonds. The van der Waals surface area contributed by atoms with Crippen molar-refractivity contribution in [2.24, 2.45) is 0 Å². The van der Waals surface area contributed by atoms with Gasteiger partial charge in [0.15, 0.2) is 0 Å². The minimum atomic E-state index is 0.754. The molecule has 3 radical (unpaired) electrons. The van der Waals surface area contributed by atoms with Crippen LogP contribution in [0.1, 0.15) is 16.0 Å². The zero-order valence-corrected chi connectivity index (χ0v) is 11.5. The number of benzene rings is 2. The average Bonchev–Trinajstić information content (AvgIpc) is 2.17. The fraction of sp³-hybridized carbons (Fsp3) is 0.167.